The Morgan fingerprint density at radius 2 is 1.81 bits per heavy atom. The number of nitrogens with zero attached hydrogens (tertiary/aromatic N) is 1. The monoisotopic (exact) mass is 480 g/mol. The Morgan fingerprint density at radius 1 is 1.06 bits per heavy atom. The van der Waals surface area contributed by atoms with Crippen molar-refractivity contribution in [3.8, 4) is 11.5 Å². The van der Waals surface area contributed by atoms with Gasteiger partial charge in [0.2, 0.25) is 0 Å². The number of amides is 4. The number of hydrogen-bond acceptors (Lipinski definition) is 5. The second kappa shape index (κ2) is 9.43. The summed E-state index contributed by atoms with van der Waals surface area (Å²) in [6, 6.07) is 6.35. The van der Waals surface area contributed by atoms with E-state index in [9.17, 15) is 14.4 Å². The molecule has 1 saturated heterocycles. The lowest BCUT2D eigenvalue weighted by Gasteiger charge is -2.26. The molecule has 0 radical (unpaired) electrons. The Balaban J connectivity index is 2.02. The van der Waals surface area contributed by atoms with Crippen LogP contribution in [0.1, 0.15) is 5.56 Å². The lowest BCUT2D eigenvalue weighted by atomic mass is 10.1. The fraction of sp³-hybridized carbons (Fsp3) is 0.0952. The summed E-state index contributed by atoms with van der Waals surface area (Å²) in [5, 5.41) is 2.73. The van der Waals surface area contributed by atoms with Gasteiger partial charge in [-0.05, 0) is 42.0 Å². The van der Waals surface area contributed by atoms with Crippen molar-refractivity contribution in [2.45, 2.75) is 0 Å². The number of carbonyl (C=O) groups excluding carboxylic acids is 3. The normalized spacial score (nSPS) is 15.2. The molecule has 2 aromatic carbocycles. The average molecular weight is 482 g/mol. The molecule has 0 aromatic heterocycles. The second-order valence-electron chi connectivity index (χ2n) is 6.19. The van der Waals surface area contributed by atoms with Crippen LogP contribution in [0.3, 0.4) is 0 Å². The summed E-state index contributed by atoms with van der Waals surface area (Å²) in [5.74, 6) is -1.11. The van der Waals surface area contributed by atoms with Crippen molar-refractivity contribution in [1.29, 1.82) is 0 Å². The van der Waals surface area contributed by atoms with Crippen molar-refractivity contribution in [3.63, 3.8) is 0 Å². The standard InChI is InChI=1S/C21H15Cl3N2O5/c1-3-6-31-18-16(24)8-11(9-17(18)30-2)7-13-19(27)25-21(29)26(20(13)28)12-4-5-14(22)15(23)10-12/h3-5,7-10H,1,6H2,2H3,(H,25,27,29)/b13-7+. The van der Waals surface area contributed by atoms with Crippen LogP contribution in [0, 0.1) is 0 Å². The number of urea groups is 1. The largest absolute Gasteiger partial charge is 0.493 e. The van der Waals surface area contributed by atoms with E-state index in [0.29, 0.717) is 17.1 Å². The van der Waals surface area contributed by atoms with Crippen LogP contribution in [-0.4, -0.2) is 31.6 Å². The summed E-state index contributed by atoms with van der Waals surface area (Å²) in [5.41, 5.74) is 0.248. The molecular formula is C21H15Cl3N2O5. The zero-order chi connectivity index (χ0) is 22.7. The van der Waals surface area contributed by atoms with E-state index in [1.165, 1.54) is 43.5 Å². The van der Waals surface area contributed by atoms with Crippen LogP contribution in [0.5, 0.6) is 11.5 Å². The van der Waals surface area contributed by atoms with Gasteiger partial charge in [-0.3, -0.25) is 14.9 Å². The molecule has 0 atom stereocenters. The van der Waals surface area contributed by atoms with Crippen molar-refractivity contribution < 1.29 is 23.9 Å². The summed E-state index contributed by atoms with van der Waals surface area (Å²) >= 11 is 18.2. The molecule has 1 aliphatic rings. The lowest BCUT2D eigenvalue weighted by molar-refractivity contribution is -0.122. The van der Waals surface area contributed by atoms with E-state index in [1.807, 2.05) is 0 Å². The van der Waals surface area contributed by atoms with Gasteiger partial charge >= 0.3 is 6.03 Å². The van der Waals surface area contributed by atoms with E-state index in [-0.39, 0.29) is 32.9 Å². The maximum absolute atomic E-state index is 13.0. The van der Waals surface area contributed by atoms with Gasteiger partial charge in [0.25, 0.3) is 11.8 Å². The van der Waals surface area contributed by atoms with Gasteiger partial charge in [0.1, 0.15) is 12.2 Å². The molecule has 1 fully saturated rings. The average Bonchev–Trinajstić information content (AvgIpc) is 2.72. The first-order valence-electron chi connectivity index (χ1n) is 8.74. The fourth-order valence-electron chi connectivity index (χ4n) is 2.79. The molecule has 160 valence electrons. The number of halogens is 3. The van der Waals surface area contributed by atoms with Crippen molar-refractivity contribution in [3.05, 3.63) is 69.2 Å². The van der Waals surface area contributed by atoms with Gasteiger partial charge < -0.3 is 9.47 Å². The number of methoxy groups -OCH3 is 1. The van der Waals surface area contributed by atoms with Crippen LogP contribution in [0.4, 0.5) is 10.5 Å². The van der Waals surface area contributed by atoms with Gasteiger partial charge in [0.05, 0.1) is 27.9 Å². The number of rotatable bonds is 6. The van der Waals surface area contributed by atoms with Crippen molar-refractivity contribution in [2.24, 2.45) is 0 Å². The number of benzene rings is 2. The minimum Gasteiger partial charge on any atom is -0.493 e. The molecule has 1 N–H and O–H groups in total. The fourth-order valence-corrected chi connectivity index (χ4v) is 3.35. The molecule has 10 heteroatoms. The van der Waals surface area contributed by atoms with Gasteiger partial charge in [0, 0.05) is 0 Å². The number of barbiturate groups is 1. The first-order valence-corrected chi connectivity index (χ1v) is 9.88. The summed E-state index contributed by atoms with van der Waals surface area (Å²) in [7, 11) is 1.42. The van der Waals surface area contributed by atoms with Gasteiger partial charge in [-0.15, -0.1) is 0 Å². The van der Waals surface area contributed by atoms with Crippen LogP contribution in [0.2, 0.25) is 15.1 Å². The highest BCUT2D eigenvalue weighted by Crippen LogP contribution is 2.37. The smallest absolute Gasteiger partial charge is 0.335 e. The minimum absolute atomic E-state index is 0.147. The SMILES string of the molecule is C=CCOc1c(Cl)cc(/C=C2\C(=O)NC(=O)N(c3ccc(Cl)c(Cl)c3)C2=O)cc1OC. The van der Waals surface area contributed by atoms with E-state index >= 15 is 0 Å². The first-order chi connectivity index (χ1) is 14.8. The molecule has 0 aliphatic carbocycles. The third-order valence-corrected chi connectivity index (χ3v) is 5.19. The maximum atomic E-state index is 13.0. The summed E-state index contributed by atoms with van der Waals surface area (Å²) in [4.78, 5) is 38.5. The third-order valence-electron chi connectivity index (χ3n) is 4.17. The molecule has 0 bridgehead atoms. The number of carbonyl (C=O) groups is 3. The maximum Gasteiger partial charge on any atom is 0.335 e. The number of imide groups is 2. The predicted octanol–water partition coefficient (Wildman–Crippen LogP) is 4.89. The molecule has 0 unspecified atom stereocenters. The summed E-state index contributed by atoms with van der Waals surface area (Å²) in [6.45, 7) is 3.78. The topological polar surface area (TPSA) is 84.9 Å². The number of nitrogens with one attached hydrogen (secondary N) is 1. The quantitative estimate of drug-likeness (QED) is 0.361. The molecule has 2 aromatic rings. The predicted molar refractivity (Wildman–Crippen MR) is 119 cm³/mol. The molecule has 31 heavy (non-hydrogen) atoms. The molecule has 1 aliphatic heterocycles. The van der Waals surface area contributed by atoms with Gasteiger partial charge in [-0.1, -0.05) is 47.5 Å². The van der Waals surface area contributed by atoms with Crippen LogP contribution in [0.15, 0.2) is 48.6 Å². The Labute approximate surface area is 192 Å². The Morgan fingerprint density at radius 3 is 2.45 bits per heavy atom. The molecule has 0 spiro atoms. The van der Waals surface area contributed by atoms with Gasteiger partial charge in [-0.2, -0.15) is 0 Å². The summed E-state index contributed by atoms with van der Waals surface area (Å²) in [6.07, 6.45) is 2.84. The second-order valence-corrected chi connectivity index (χ2v) is 7.41. The van der Waals surface area contributed by atoms with Crippen LogP contribution >= 0.6 is 34.8 Å². The Bertz CT molecular complexity index is 1130. The highest BCUT2D eigenvalue weighted by atomic mass is 35.5. The van der Waals surface area contributed by atoms with Crippen molar-refractivity contribution in [1.82, 2.24) is 5.32 Å². The van der Waals surface area contributed by atoms with Crippen molar-refractivity contribution >= 4 is 64.4 Å². The third kappa shape index (κ3) is 4.69. The Kier molecular flexibility index (Phi) is 6.90. The Hall–Kier alpha value is -3.00. The molecule has 0 saturated carbocycles. The highest BCUT2D eigenvalue weighted by molar-refractivity contribution is 6.43. The first kappa shape index (κ1) is 22.7. The number of ether oxygens (including phenoxy) is 2. The van der Waals surface area contributed by atoms with E-state index in [0.717, 1.165) is 4.90 Å². The van der Waals surface area contributed by atoms with E-state index in [4.69, 9.17) is 44.3 Å². The number of anilines is 1. The lowest BCUT2D eigenvalue weighted by Crippen LogP contribution is -2.54. The van der Waals surface area contributed by atoms with E-state index < -0.39 is 17.8 Å². The number of hydrogen-bond donors (Lipinski definition) is 1. The van der Waals surface area contributed by atoms with Crippen LogP contribution in [0.25, 0.3) is 6.08 Å². The molecular weight excluding hydrogens is 467 g/mol. The van der Waals surface area contributed by atoms with Crippen molar-refractivity contribution in [2.75, 3.05) is 18.6 Å². The highest BCUT2D eigenvalue weighted by Gasteiger charge is 2.37. The van der Waals surface area contributed by atoms with Crippen LogP contribution < -0.4 is 19.7 Å². The van der Waals surface area contributed by atoms with Crippen LogP contribution in [-0.2, 0) is 9.59 Å². The zero-order valence-electron chi connectivity index (χ0n) is 16.1. The van der Waals surface area contributed by atoms with Gasteiger partial charge in [-0.25, -0.2) is 9.69 Å². The van der Waals surface area contributed by atoms with E-state index in [1.54, 1.807) is 6.08 Å². The minimum atomic E-state index is -0.908. The molecule has 7 nitrogen and oxygen atoms in total. The zero-order valence-corrected chi connectivity index (χ0v) is 18.3. The summed E-state index contributed by atoms with van der Waals surface area (Å²) < 4.78 is 10.8. The molecule has 1 heterocycles. The van der Waals surface area contributed by atoms with Gasteiger partial charge in [0.15, 0.2) is 11.5 Å². The molecule has 4 amide bonds. The van der Waals surface area contributed by atoms with E-state index in [2.05, 4.69) is 11.9 Å². The molecule has 3 rings (SSSR count).